The molecule has 1 aliphatic rings. The first-order chi connectivity index (χ1) is 12.2. The molecule has 3 heteroatoms. The van der Waals surface area contributed by atoms with Crippen LogP contribution in [0, 0.1) is 5.92 Å². The lowest BCUT2D eigenvalue weighted by molar-refractivity contribution is 0.304. The van der Waals surface area contributed by atoms with E-state index < -0.39 is 0 Å². The standard InChI is InChI=1S/C22H25NO2/c1-23(17-19-5-3-2-4-6-19)16-15-18-7-11-21(12-8-18)25-22-13-9-20(24)10-14-22/h2-7,9-14,18,24H,8,15-17H2,1H3. The third kappa shape index (κ3) is 5.50. The summed E-state index contributed by atoms with van der Waals surface area (Å²) < 4.78 is 5.82. The lowest BCUT2D eigenvalue weighted by atomic mass is 9.96. The first-order valence-corrected chi connectivity index (χ1v) is 8.77. The van der Waals surface area contributed by atoms with Crippen molar-refractivity contribution < 1.29 is 9.84 Å². The summed E-state index contributed by atoms with van der Waals surface area (Å²) in [6.07, 6.45) is 8.59. The molecule has 3 nitrogen and oxygen atoms in total. The molecule has 1 N–H and O–H groups in total. The number of hydrogen-bond donors (Lipinski definition) is 1. The van der Waals surface area contributed by atoms with Crippen molar-refractivity contribution in [2.75, 3.05) is 13.6 Å². The normalized spacial score (nSPS) is 16.7. The lowest BCUT2D eigenvalue weighted by Crippen LogP contribution is -2.21. The van der Waals surface area contributed by atoms with Gasteiger partial charge in [-0.1, -0.05) is 36.4 Å². The molecule has 130 valence electrons. The molecule has 0 fully saturated rings. The van der Waals surface area contributed by atoms with Gasteiger partial charge in [0.05, 0.1) is 0 Å². The zero-order chi connectivity index (χ0) is 17.5. The van der Waals surface area contributed by atoms with Gasteiger partial charge in [0.2, 0.25) is 0 Å². The second-order valence-corrected chi connectivity index (χ2v) is 6.57. The van der Waals surface area contributed by atoms with Crippen LogP contribution >= 0.6 is 0 Å². The fraction of sp³-hybridized carbons (Fsp3) is 0.273. The number of allylic oxidation sites excluding steroid dienone is 3. The van der Waals surface area contributed by atoms with E-state index in [4.69, 9.17) is 4.74 Å². The van der Waals surface area contributed by atoms with Crippen molar-refractivity contribution in [1.82, 2.24) is 4.90 Å². The van der Waals surface area contributed by atoms with E-state index in [0.29, 0.717) is 5.92 Å². The van der Waals surface area contributed by atoms with E-state index >= 15 is 0 Å². The second-order valence-electron chi connectivity index (χ2n) is 6.57. The van der Waals surface area contributed by atoms with Gasteiger partial charge in [-0.3, -0.25) is 0 Å². The Balaban J connectivity index is 1.42. The van der Waals surface area contributed by atoms with E-state index in [1.54, 1.807) is 24.3 Å². The first-order valence-electron chi connectivity index (χ1n) is 8.77. The van der Waals surface area contributed by atoms with Gasteiger partial charge in [0.15, 0.2) is 0 Å². The number of hydrogen-bond acceptors (Lipinski definition) is 3. The Bertz CT molecular complexity index is 719. The molecule has 1 aliphatic carbocycles. The minimum Gasteiger partial charge on any atom is -0.508 e. The molecule has 2 aromatic rings. The maximum Gasteiger partial charge on any atom is 0.127 e. The lowest BCUT2D eigenvalue weighted by Gasteiger charge is -2.21. The molecule has 0 heterocycles. The van der Waals surface area contributed by atoms with E-state index in [1.165, 1.54) is 5.56 Å². The Labute approximate surface area is 149 Å². The number of rotatable bonds is 7. The minimum absolute atomic E-state index is 0.250. The number of phenolic OH excluding ortho intramolecular Hbond substituents is 1. The van der Waals surface area contributed by atoms with Crippen LogP contribution in [0.1, 0.15) is 18.4 Å². The summed E-state index contributed by atoms with van der Waals surface area (Å²) in [6.45, 7) is 2.06. The fourth-order valence-corrected chi connectivity index (χ4v) is 2.95. The van der Waals surface area contributed by atoms with Crippen molar-refractivity contribution >= 4 is 0 Å². The Hall–Kier alpha value is -2.52. The quantitative estimate of drug-likeness (QED) is 0.792. The van der Waals surface area contributed by atoms with Crippen molar-refractivity contribution in [1.29, 1.82) is 0 Å². The van der Waals surface area contributed by atoms with Crippen LogP contribution in [0.3, 0.4) is 0 Å². The van der Waals surface area contributed by atoms with E-state index in [2.05, 4.69) is 60.5 Å². The molecule has 0 aliphatic heterocycles. The third-order valence-electron chi connectivity index (χ3n) is 4.40. The molecular weight excluding hydrogens is 310 g/mol. The van der Waals surface area contributed by atoms with Crippen molar-refractivity contribution in [3.63, 3.8) is 0 Å². The minimum atomic E-state index is 0.250. The largest absolute Gasteiger partial charge is 0.508 e. The monoisotopic (exact) mass is 335 g/mol. The van der Waals surface area contributed by atoms with Crippen LogP contribution in [-0.2, 0) is 6.54 Å². The molecule has 0 radical (unpaired) electrons. The zero-order valence-corrected chi connectivity index (χ0v) is 14.6. The first kappa shape index (κ1) is 17.3. The number of nitrogens with zero attached hydrogens (tertiary/aromatic N) is 1. The molecule has 2 aromatic carbocycles. The number of aromatic hydroxyl groups is 1. The Morgan fingerprint density at radius 2 is 1.84 bits per heavy atom. The molecule has 0 bridgehead atoms. The molecular formula is C22H25NO2. The predicted octanol–water partition coefficient (Wildman–Crippen LogP) is 4.75. The smallest absolute Gasteiger partial charge is 0.127 e. The summed E-state index contributed by atoms with van der Waals surface area (Å²) >= 11 is 0. The van der Waals surface area contributed by atoms with Crippen LogP contribution in [0.5, 0.6) is 11.5 Å². The van der Waals surface area contributed by atoms with Gasteiger partial charge >= 0.3 is 0 Å². The molecule has 0 saturated heterocycles. The molecule has 0 aromatic heterocycles. The van der Waals surface area contributed by atoms with Crippen molar-refractivity contribution in [3.8, 4) is 11.5 Å². The van der Waals surface area contributed by atoms with Crippen LogP contribution in [0.2, 0.25) is 0 Å². The van der Waals surface area contributed by atoms with Gasteiger partial charge in [-0.15, -0.1) is 0 Å². The van der Waals surface area contributed by atoms with Crippen molar-refractivity contribution in [2.24, 2.45) is 5.92 Å². The van der Waals surface area contributed by atoms with E-state index in [-0.39, 0.29) is 5.75 Å². The maximum absolute atomic E-state index is 9.31. The average Bonchev–Trinajstić information content (AvgIpc) is 2.64. The van der Waals surface area contributed by atoms with Gasteiger partial charge in [0.1, 0.15) is 17.3 Å². The number of ether oxygens (including phenoxy) is 1. The molecule has 0 saturated carbocycles. The summed E-state index contributed by atoms with van der Waals surface area (Å²) in [5, 5.41) is 9.31. The highest BCUT2D eigenvalue weighted by atomic mass is 16.5. The van der Waals surface area contributed by atoms with Crippen LogP contribution in [0.4, 0.5) is 0 Å². The van der Waals surface area contributed by atoms with Gasteiger partial charge in [-0.25, -0.2) is 0 Å². The molecule has 0 amide bonds. The van der Waals surface area contributed by atoms with Crippen molar-refractivity contribution in [3.05, 3.63) is 84.1 Å². The predicted molar refractivity (Wildman–Crippen MR) is 101 cm³/mol. The summed E-state index contributed by atoms with van der Waals surface area (Å²) in [7, 11) is 2.18. The topological polar surface area (TPSA) is 32.7 Å². The zero-order valence-electron chi connectivity index (χ0n) is 14.6. The van der Waals surface area contributed by atoms with Crippen molar-refractivity contribution in [2.45, 2.75) is 19.4 Å². The molecule has 1 unspecified atom stereocenters. The van der Waals surface area contributed by atoms with E-state index in [1.807, 2.05) is 0 Å². The van der Waals surface area contributed by atoms with Gasteiger partial charge in [-0.05, 0) is 74.3 Å². The van der Waals surface area contributed by atoms with Gasteiger partial charge in [0.25, 0.3) is 0 Å². The average molecular weight is 335 g/mol. The maximum atomic E-state index is 9.31. The Kier molecular flexibility index (Phi) is 5.91. The summed E-state index contributed by atoms with van der Waals surface area (Å²) in [6, 6.07) is 17.4. The fourth-order valence-electron chi connectivity index (χ4n) is 2.95. The summed E-state index contributed by atoms with van der Waals surface area (Å²) in [5.74, 6) is 2.43. The van der Waals surface area contributed by atoms with Crippen LogP contribution in [0.25, 0.3) is 0 Å². The Morgan fingerprint density at radius 1 is 1.08 bits per heavy atom. The van der Waals surface area contributed by atoms with E-state index in [9.17, 15) is 5.11 Å². The number of benzene rings is 2. The highest BCUT2D eigenvalue weighted by Gasteiger charge is 2.11. The highest BCUT2D eigenvalue weighted by Crippen LogP contribution is 2.24. The SMILES string of the molecule is CN(CCC1C=CC(Oc2ccc(O)cc2)=CC1)Cc1ccccc1. The van der Waals surface area contributed by atoms with Crippen LogP contribution in [-0.4, -0.2) is 23.6 Å². The number of phenols is 1. The second kappa shape index (κ2) is 8.54. The highest BCUT2D eigenvalue weighted by molar-refractivity contribution is 5.33. The van der Waals surface area contributed by atoms with Gasteiger partial charge < -0.3 is 14.7 Å². The van der Waals surface area contributed by atoms with Crippen LogP contribution in [0.15, 0.2) is 78.6 Å². The summed E-state index contributed by atoms with van der Waals surface area (Å²) in [4.78, 5) is 2.37. The van der Waals surface area contributed by atoms with Gasteiger partial charge in [0, 0.05) is 6.54 Å². The Morgan fingerprint density at radius 3 is 2.52 bits per heavy atom. The van der Waals surface area contributed by atoms with Crippen LogP contribution < -0.4 is 4.74 Å². The molecule has 1 atom stereocenters. The molecule has 0 spiro atoms. The molecule has 25 heavy (non-hydrogen) atoms. The third-order valence-corrected chi connectivity index (χ3v) is 4.40. The summed E-state index contributed by atoms with van der Waals surface area (Å²) in [5.41, 5.74) is 1.36. The van der Waals surface area contributed by atoms with E-state index in [0.717, 1.165) is 37.4 Å². The van der Waals surface area contributed by atoms with Gasteiger partial charge in [-0.2, -0.15) is 0 Å². The molecule has 3 rings (SSSR count).